The molecule has 1 aromatic carbocycles. The number of carbonyl (C=O) groups excluding carboxylic acids is 2. The first-order valence-electron chi connectivity index (χ1n) is 6.91. The third-order valence-electron chi connectivity index (χ3n) is 2.80. The van der Waals surface area contributed by atoms with Crippen molar-refractivity contribution in [1.29, 1.82) is 0 Å². The van der Waals surface area contributed by atoms with Gasteiger partial charge in [0, 0.05) is 36.6 Å². The Bertz CT molecular complexity index is 687. The summed E-state index contributed by atoms with van der Waals surface area (Å²) < 4.78 is 0. The van der Waals surface area contributed by atoms with E-state index in [4.69, 9.17) is 11.6 Å². The van der Waals surface area contributed by atoms with Crippen LogP contribution in [-0.4, -0.2) is 34.9 Å². The van der Waals surface area contributed by atoms with Crippen molar-refractivity contribution in [3.05, 3.63) is 65.2 Å². The van der Waals surface area contributed by atoms with Gasteiger partial charge in [-0.2, -0.15) is 0 Å². The minimum absolute atomic E-state index is 0.237. The van der Waals surface area contributed by atoms with Gasteiger partial charge in [0.25, 0.3) is 5.91 Å². The van der Waals surface area contributed by atoms with Crippen LogP contribution in [0.25, 0.3) is 6.08 Å². The molecule has 7 heteroatoms. The van der Waals surface area contributed by atoms with E-state index in [-0.39, 0.29) is 17.5 Å². The van der Waals surface area contributed by atoms with Gasteiger partial charge in [-0.25, -0.2) is 4.98 Å². The van der Waals surface area contributed by atoms with Gasteiger partial charge >= 0.3 is 0 Å². The zero-order chi connectivity index (χ0) is 16.5. The highest BCUT2D eigenvalue weighted by atomic mass is 35.5. The second-order valence-corrected chi connectivity index (χ2v) is 4.96. The van der Waals surface area contributed by atoms with Crippen LogP contribution >= 0.6 is 11.6 Å². The third kappa shape index (κ3) is 5.88. The lowest BCUT2D eigenvalue weighted by molar-refractivity contribution is -0.116. The number of nitrogens with one attached hydrogen (secondary N) is 2. The molecule has 0 saturated heterocycles. The first-order chi connectivity index (χ1) is 11.1. The predicted molar refractivity (Wildman–Crippen MR) is 87.9 cm³/mol. The fourth-order valence-corrected chi connectivity index (χ4v) is 1.80. The molecule has 0 unspecified atom stereocenters. The fraction of sp³-hybridized carbons (Fsp3) is 0.125. The Morgan fingerprint density at radius 1 is 1.09 bits per heavy atom. The number of halogens is 1. The van der Waals surface area contributed by atoms with Crippen molar-refractivity contribution in [1.82, 2.24) is 20.6 Å². The molecule has 0 radical (unpaired) electrons. The summed E-state index contributed by atoms with van der Waals surface area (Å²) in [6.45, 7) is 0.617. The molecule has 2 aromatic rings. The molecule has 2 amide bonds. The Hall–Kier alpha value is -2.73. The van der Waals surface area contributed by atoms with Gasteiger partial charge in [-0.3, -0.25) is 14.6 Å². The topological polar surface area (TPSA) is 84.0 Å². The zero-order valence-electron chi connectivity index (χ0n) is 12.2. The molecule has 0 aliphatic rings. The summed E-state index contributed by atoms with van der Waals surface area (Å²) in [5.41, 5.74) is 1.11. The maximum atomic E-state index is 11.7. The number of hydrogen-bond acceptors (Lipinski definition) is 4. The van der Waals surface area contributed by atoms with Crippen LogP contribution in [0.5, 0.6) is 0 Å². The predicted octanol–water partition coefficient (Wildman–Crippen LogP) is 1.69. The molecule has 0 bridgehead atoms. The molecule has 0 aliphatic heterocycles. The third-order valence-corrected chi connectivity index (χ3v) is 3.05. The summed E-state index contributed by atoms with van der Waals surface area (Å²) in [5.74, 6) is -0.572. The summed E-state index contributed by atoms with van der Waals surface area (Å²) in [5, 5.41) is 5.95. The van der Waals surface area contributed by atoms with E-state index < -0.39 is 0 Å². The smallest absolute Gasteiger partial charge is 0.271 e. The Morgan fingerprint density at radius 3 is 2.52 bits per heavy atom. The highest BCUT2D eigenvalue weighted by Gasteiger charge is 2.05. The Balaban J connectivity index is 1.69. The molecule has 118 valence electrons. The maximum Gasteiger partial charge on any atom is 0.271 e. The van der Waals surface area contributed by atoms with Crippen molar-refractivity contribution in [2.75, 3.05) is 13.1 Å². The fourth-order valence-electron chi connectivity index (χ4n) is 1.67. The van der Waals surface area contributed by atoms with Crippen LogP contribution in [0.4, 0.5) is 0 Å². The lowest BCUT2D eigenvalue weighted by atomic mass is 10.2. The molecule has 1 aromatic heterocycles. The van der Waals surface area contributed by atoms with Crippen LogP contribution < -0.4 is 10.6 Å². The molecule has 6 nitrogen and oxygen atoms in total. The Kier molecular flexibility index (Phi) is 6.26. The van der Waals surface area contributed by atoms with Crippen molar-refractivity contribution in [2.45, 2.75) is 0 Å². The first-order valence-corrected chi connectivity index (χ1v) is 7.28. The lowest BCUT2D eigenvalue weighted by Crippen LogP contribution is -2.34. The maximum absolute atomic E-state index is 11.7. The number of rotatable bonds is 6. The quantitative estimate of drug-likeness (QED) is 0.623. The Morgan fingerprint density at radius 2 is 1.83 bits per heavy atom. The van der Waals surface area contributed by atoms with Gasteiger partial charge in [-0.15, -0.1) is 0 Å². The van der Waals surface area contributed by atoms with Gasteiger partial charge in [-0.1, -0.05) is 23.7 Å². The highest BCUT2D eigenvalue weighted by molar-refractivity contribution is 6.30. The minimum Gasteiger partial charge on any atom is -0.351 e. The number of amides is 2. The second-order valence-electron chi connectivity index (χ2n) is 4.52. The van der Waals surface area contributed by atoms with Gasteiger partial charge in [0.05, 0.1) is 6.20 Å². The van der Waals surface area contributed by atoms with E-state index in [2.05, 4.69) is 20.6 Å². The average Bonchev–Trinajstić information content (AvgIpc) is 2.59. The van der Waals surface area contributed by atoms with Crippen molar-refractivity contribution < 1.29 is 9.59 Å². The van der Waals surface area contributed by atoms with Crippen molar-refractivity contribution in [3.8, 4) is 0 Å². The SMILES string of the molecule is O=C(/C=C/c1ccc(Cl)cc1)NCCNC(=O)c1cnccn1. The second kappa shape index (κ2) is 8.65. The number of nitrogens with zero attached hydrogens (tertiary/aromatic N) is 2. The molecular weight excluding hydrogens is 316 g/mol. The van der Waals surface area contributed by atoms with Gasteiger partial charge in [0.1, 0.15) is 5.69 Å². The van der Waals surface area contributed by atoms with Crippen LogP contribution in [0.15, 0.2) is 48.9 Å². The van der Waals surface area contributed by atoms with E-state index in [9.17, 15) is 9.59 Å². The molecule has 2 N–H and O–H groups in total. The standard InChI is InChI=1S/C16H15ClN4O2/c17-13-4-1-12(2-5-13)3-6-15(22)20-9-10-21-16(23)14-11-18-7-8-19-14/h1-8,11H,9-10H2,(H,20,22)(H,21,23)/b6-3+. The van der Waals surface area contributed by atoms with Crippen LogP contribution in [0.3, 0.4) is 0 Å². The van der Waals surface area contributed by atoms with Gasteiger partial charge in [-0.05, 0) is 23.8 Å². The average molecular weight is 331 g/mol. The van der Waals surface area contributed by atoms with Gasteiger partial charge in [0.2, 0.25) is 5.91 Å². The number of hydrogen-bond donors (Lipinski definition) is 2. The summed E-state index contributed by atoms with van der Waals surface area (Å²) in [4.78, 5) is 31.0. The normalized spacial score (nSPS) is 10.5. The van der Waals surface area contributed by atoms with Crippen LogP contribution in [0, 0.1) is 0 Å². The van der Waals surface area contributed by atoms with E-state index in [0.29, 0.717) is 18.1 Å². The van der Waals surface area contributed by atoms with E-state index >= 15 is 0 Å². The molecule has 1 heterocycles. The summed E-state index contributed by atoms with van der Waals surface area (Å²) in [7, 11) is 0. The van der Waals surface area contributed by atoms with Crippen LogP contribution in [0.1, 0.15) is 16.1 Å². The molecule has 0 spiro atoms. The molecule has 0 aliphatic carbocycles. The number of aromatic nitrogens is 2. The summed E-state index contributed by atoms with van der Waals surface area (Å²) >= 11 is 5.78. The Labute approximate surface area is 138 Å². The molecular formula is C16H15ClN4O2. The van der Waals surface area contributed by atoms with Crippen LogP contribution in [-0.2, 0) is 4.79 Å². The number of carbonyl (C=O) groups is 2. The lowest BCUT2D eigenvalue weighted by Gasteiger charge is -2.04. The van der Waals surface area contributed by atoms with E-state index in [0.717, 1.165) is 5.56 Å². The van der Waals surface area contributed by atoms with Gasteiger partial charge in [0.15, 0.2) is 0 Å². The molecule has 0 saturated carbocycles. The molecule has 23 heavy (non-hydrogen) atoms. The van der Waals surface area contributed by atoms with Crippen molar-refractivity contribution in [2.24, 2.45) is 0 Å². The van der Waals surface area contributed by atoms with Crippen LogP contribution in [0.2, 0.25) is 5.02 Å². The summed E-state index contributed by atoms with van der Waals surface area (Å²) in [6, 6.07) is 7.13. The molecule has 0 atom stereocenters. The highest BCUT2D eigenvalue weighted by Crippen LogP contribution is 2.10. The molecule has 0 fully saturated rings. The zero-order valence-corrected chi connectivity index (χ0v) is 13.0. The minimum atomic E-state index is -0.330. The van der Waals surface area contributed by atoms with E-state index in [1.165, 1.54) is 24.7 Å². The first kappa shape index (κ1) is 16.6. The molecule has 2 rings (SSSR count). The monoisotopic (exact) mass is 330 g/mol. The largest absolute Gasteiger partial charge is 0.351 e. The van der Waals surface area contributed by atoms with E-state index in [1.54, 1.807) is 18.2 Å². The van der Waals surface area contributed by atoms with Crippen molar-refractivity contribution >= 4 is 29.5 Å². The number of benzene rings is 1. The van der Waals surface area contributed by atoms with Gasteiger partial charge < -0.3 is 10.6 Å². The van der Waals surface area contributed by atoms with E-state index in [1.807, 2.05) is 12.1 Å². The van der Waals surface area contributed by atoms with Crippen molar-refractivity contribution in [3.63, 3.8) is 0 Å². The summed E-state index contributed by atoms with van der Waals surface area (Å²) in [6.07, 6.45) is 7.42.